The maximum Gasteiger partial charge on any atom is 0.308 e. The number of carboxylic acids is 1. The normalized spacial score (nSPS) is 24.5. The van der Waals surface area contributed by atoms with Crippen molar-refractivity contribution in [1.82, 2.24) is 19.9 Å². The molecule has 3 aliphatic carbocycles. The molecule has 2 atom stereocenters. The highest BCUT2D eigenvalue weighted by molar-refractivity contribution is 8.00. The molecule has 3 aromatic rings. The molecular formula is C24H27F2N5O2S. The highest BCUT2D eigenvalue weighted by Crippen LogP contribution is 2.47. The molecule has 6 rings (SSSR count). The first kappa shape index (κ1) is 23.0. The quantitative estimate of drug-likeness (QED) is 0.323. The second-order valence-corrected chi connectivity index (χ2v) is 12.0. The van der Waals surface area contributed by atoms with E-state index < -0.39 is 29.6 Å². The third-order valence-corrected chi connectivity index (χ3v) is 7.85. The lowest BCUT2D eigenvalue weighted by Crippen LogP contribution is -2.51. The number of nitrogens with zero attached hydrogens (tertiary/aromatic N) is 3. The Balaban J connectivity index is 1.61. The van der Waals surface area contributed by atoms with E-state index >= 15 is 4.39 Å². The number of anilines is 1. The zero-order valence-corrected chi connectivity index (χ0v) is 20.0. The summed E-state index contributed by atoms with van der Waals surface area (Å²) in [7, 11) is 0. The van der Waals surface area contributed by atoms with Crippen molar-refractivity contribution in [3.05, 3.63) is 30.1 Å². The van der Waals surface area contributed by atoms with Gasteiger partial charge in [-0.3, -0.25) is 4.79 Å². The van der Waals surface area contributed by atoms with Crippen LogP contribution >= 0.6 is 11.8 Å². The summed E-state index contributed by atoms with van der Waals surface area (Å²) in [4.78, 5) is 28.1. The van der Waals surface area contributed by atoms with Gasteiger partial charge in [0.15, 0.2) is 17.5 Å². The van der Waals surface area contributed by atoms with Gasteiger partial charge in [-0.05, 0) is 43.6 Å². The van der Waals surface area contributed by atoms with E-state index in [1.54, 1.807) is 6.20 Å². The number of nitrogens with one attached hydrogen (secondary N) is 2. The standard InChI is InChI=1S/C24H27F2N5O2S/c1-24(2,3)34-22-17(26)21(29-18-12-6-4-11(5-7-12)16(18)23(32)33)30-20(31-22)15-10-28-19-14(15)8-13(25)9-27-19/h8-12,16,18H,4-7H2,1-3H3,(H,27,28)(H,32,33)(H,29,30,31). The number of aromatic nitrogens is 4. The number of fused-ring (bicyclic) bond motifs is 4. The number of halogens is 2. The molecule has 3 heterocycles. The lowest BCUT2D eigenvalue weighted by atomic mass is 9.61. The topological polar surface area (TPSA) is 104 Å². The van der Waals surface area contributed by atoms with Gasteiger partial charge in [0, 0.05) is 27.9 Å². The average Bonchev–Trinajstić information content (AvgIpc) is 3.19. The van der Waals surface area contributed by atoms with Crippen molar-refractivity contribution >= 4 is 34.6 Å². The third-order valence-electron chi connectivity index (χ3n) is 6.77. The number of carbonyl (C=O) groups is 1. The minimum atomic E-state index is -0.857. The van der Waals surface area contributed by atoms with Crippen LogP contribution in [0, 0.1) is 29.4 Å². The van der Waals surface area contributed by atoms with Gasteiger partial charge in [-0.15, -0.1) is 0 Å². The zero-order valence-electron chi connectivity index (χ0n) is 19.2. The molecule has 3 fully saturated rings. The van der Waals surface area contributed by atoms with Gasteiger partial charge >= 0.3 is 5.97 Å². The number of aliphatic carboxylic acids is 1. The van der Waals surface area contributed by atoms with Gasteiger partial charge in [0.2, 0.25) is 0 Å². The SMILES string of the molecule is CC(C)(C)Sc1nc(-c2c[nH]c3ncc(F)cc23)nc(NC2C3CCC(CC3)C2C(=O)O)c1F. The number of thioether (sulfide) groups is 1. The van der Waals surface area contributed by atoms with Gasteiger partial charge < -0.3 is 15.4 Å². The summed E-state index contributed by atoms with van der Waals surface area (Å²) in [5.74, 6) is -2.11. The number of hydrogen-bond donors (Lipinski definition) is 3. The van der Waals surface area contributed by atoms with Crippen molar-refractivity contribution in [2.45, 2.75) is 62.3 Å². The van der Waals surface area contributed by atoms with Crippen LogP contribution in [0.1, 0.15) is 46.5 Å². The predicted octanol–water partition coefficient (Wildman–Crippen LogP) is 5.49. The summed E-state index contributed by atoms with van der Waals surface area (Å²) < 4.78 is 29.3. The highest BCUT2D eigenvalue weighted by Gasteiger charge is 2.47. The molecule has 34 heavy (non-hydrogen) atoms. The van der Waals surface area contributed by atoms with Crippen LogP contribution in [0.4, 0.5) is 14.6 Å². The monoisotopic (exact) mass is 487 g/mol. The van der Waals surface area contributed by atoms with E-state index in [1.807, 2.05) is 20.8 Å². The van der Waals surface area contributed by atoms with Gasteiger partial charge in [-0.2, -0.15) is 4.39 Å². The van der Waals surface area contributed by atoms with Crippen molar-refractivity contribution in [2.75, 3.05) is 5.32 Å². The van der Waals surface area contributed by atoms with E-state index in [4.69, 9.17) is 0 Å². The Hall–Kier alpha value is -2.75. The van der Waals surface area contributed by atoms with Crippen LogP contribution in [0.15, 0.2) is 23.5 Å². The summed E-state index contributed by atoms with van der Waals surface area (Å²) in [6.45, 7) is 5.87. The fourth-order valence-electron chi connectivity index (χ4n) is 5.33. The van der Waals surface area contributed by atoms with Crippen LogP contribution in [0.3, 0.4) is 0 Å². The van der Waals surface area contributed by atoms with Crippen molar-refractivity contribution in [1.29, 1.82) is 0 Å². The highest BCUT2D eigenvalue weighted by atomic mass is 32.2. The van der Waals surface area contributed by atoms with E-state index in [-0.39, 0.29) is 33.3 Å². The molecule has 7 nitrogen and oxygen atoms in total. The molecule has 3 N–H and O–H groups in total. The Morgan fingerprint density at radius 2 is 1.88 bits per heavy atom. The largest absolute Gasteiger partial charge is 0.481 e. The average molecular weight is 488 g/mol. The molecule has 3 saturated carbocycles. The van der Waals surface area contributed by atoms with Crippen molar-refractivity contribution in [3.63, 3.8) is 0 Å². The summed E-state index contributed by atoms with van der Waals surface area (Å²) in [6, 6.07) is 0.933. The first-order valence-corrected chi connectivity index (χ1v) is 12.3. The number of aromatic amines is 1. The molecule has 3 aliphatic rings. The summed E-state index contributed by atoms with van der Waals surface area (Å²) in [5, 5.41) is 13.7. The smallest absolute Gasteiger partial charge is 0.308 e. The zero-order chi connectivity index (χ0) is 24.2. The summed E-state index contributed by atoms with van der Waals surface area (Å²) in [5.41, 5.74) is 0.972. The van der Waals surface area contributed by atoms with Crippen LogP contribution in [0.2, 0.25) is 0 Å². The molecule has 0 aromatic carbocycles. The molecule has 0 spiro atoms. The molecule has 10 heteroatoms. The summed E-state index contributed by atoms with van der Waals surface area (Å²) in [6.07, 6.45) is 6.35. The molecule has 0 amide bonds. The molecule has 2 unspecified atom stereocenters. The Morgan fingerprint density at radius 1 is 1.18 bits per heavy atom. The maximum atomic E-state index is 15.7. The van der Waals surface area contributed by atoms with Gasteiger partial charge in [0.05, 0.1) is 12.1 Å². The fraction of sp³-hybridized carbons (Fsp3) is 0.500. The van der Waals surface area contributed by atoms with Gasteiger partial charge in [-0.25, -0.2) is 19.3 Å². The first-order chi connectivity index (χ1) is 16.1. The van der Waals surface area contributed by atoms with E-state index in [2.05, 4.69) is 25.3 Å². The molecule has 3 aromatic heterocycles. The minimum Gasteiger partial charge on any atom is -0.481 e. The second-order valence-electron chi connectivity index (χ2n) is 10.2. The molecular weight excluding hydrogens is 460 g/mol. The number of carboxylic acid groups (broad SMARTS) is 1. The van der Waals surface area contributed by atoms with Crippen LogP contribution in [0.5, 0.6) is 0 Å². The van der Waals surface area contributed by atoms with Crippen molar-refractivity contribution in [3.8, 4) is 11.4 Å². The minimum absolute atomic E-state index is 0.0146. The number of pyridine rings is 1. The van der Waals surface area contributed by atoms with E-state index in [1.165, 1.54) is 17.8 Å². The van der Waals surface area contributed by atoms with Crippen molar-refractivity contribution < 1.29 is 18.7 Å². The number of hydrogen-bond acceptors (Lipinski definition) is 6. The van der Waals surface area contributed by atoms with Gasteiger partial charge in [0.1, 0.15) is 16.5 Å². The van der Waals surface area contributed by atoms with Gasteiger partial charge in [0.25, 0.3) is 0 Å². The molecule has 0 saturated heterocycles. The van der Waals surface area contributed by atoms with Crippen LogP contribution in [-0.2, 0) is 4.79 Å². The molecule has 180 valence electrons. The van der Waals surface area contributed by atoms with Crippen molar-refractivity contribution in [2.24, 2.45) is 17.8 Å². The van der Waals surface area contributed by atoms with E-state index in [9.17, 15) is 14.3 Å². The second kappa shape index (κ2) is 8.48. The summed E-state index contributed by atoms with van der Waals surface area (Å²) >= 11 is 1.26. The third kappa shape index (κ3) is 4.23. The lowest BCUT2D eigenvalue weighted by Gasteiger charge is -2.47. The molecule has 0 radical (unpaired) electrons. The number of H-pyrrole nitrogens is 1. The predicted molar refractivity (Wildman–Crippen MR) is 127 cm³/mol. The van der Waals surface area contributed by atoms with Crippen LogP contribution < -0.4 is 5.32 Å². The maximum absolute atomic E-state index is 15.7. The Bertz CT molecular complexity index is 1250. The van der Waals surface area contributed by atoms with E-state index in [0.29, 0.717) is 16.6 Å². The van der Waals surface area contributed by atoms with Crippen LogP contribution in [0.25, 0.3) is 22.4 Å². The number of rotatable bonds is 5. The van der Waals surface area contributed by atoms with Gasteiger partial charge in [-0.1, -0.05) is 32.5 Å². The first-order valence-electron chi connectivity index (χ1n) is 11.5. The molecule has 0 aliphatic heterocycles. The molecule has 2 bridgehead atoms. The van der Waals surface area contributed by atoms with Crippen LogP contribution in [-0.4, -0.2) is 41.8 Å². The van der Waals surface area contributed by atoms with E-state index in [0.717, 1.165) is 31.9 Å². The Kier molecular flexibility index (Phi) is 5.74. The fourth-order valence-corrected chi connectivity index (χ4v) is 6.23. The lowest BCUT2D eigenvalue weighted by molar-refractivity contribution is -0.148. The Labute approximate surface area is 200 Å². The Morgan fingerprint density at radius 3 is 2.56 bits per heavy atom.